The average Bonchev–Trinajstić information content (AvgIpc) is 3.07. The first-order chi connectivity index (χ1) is 12.1. The van der Waals surface area contributed by atoms with Crippen LogP contribution in [0.5, 0.6) is 0 Å². The number of aryl methyl sites for hydroxylation is 1. The summed E-state index contributed by atoms with van der Waals surface area (Å²) >= 11 is 5.87. The number of rotatable bonds is 5. The number of nitrogens with one attached hydrogen (secondary N) is 1. The number of hydrogen-bond acceptors (Lipinski definition) is 3. The van der Waals surface area contributed by atoms with E-state index < -0.39 is 0 Å². The van der Waals surface area contributed by atoms with Crippen LogP contribution in [0.4, 0.5) is 0 Å². The second-order valence-electron chi connectivity index (χ2n) is 5.58. The average molecular weight is 353 g/mol. The zero-order valence-corrected chi connectivity index (χ0v) is 14.4. The van der Waals surface area contributed by atoms with Gasteiger partial charge in [-0.25, -0.2) is 5.43 Å². The fraction of sp³-hybridized carbons (Fsp3) is 0.105. The number of halogens is 1. The molecule has 1 N–H and O–H groups in total. The number of hydrazone groups is 1. The molecule has 0 atom stereocenters. The molecule has 126 valence electrons. The van der Waals surface area contributed by atoms with E-state index in [-0.39, 0.29) is 5.91 Å². The molecule has 25 heavy (non-hydrogen) atoms. The first-order valence-electron chi connectivity index (χ1n) is 7.79. The molecule has 0 aliphatic heterocycles. The van der Waals surface area contributed by atoms with Crippen LogP contribution in [0.3, 0.4) is 0 Å². The van der Waals surface area contributed by atoms with Crippen LogP contribution in [0.2, 0.25) is 5.02 Å². The van der Waals surface area contributed by atoms with Gasteiger partial charge in [0.05, 0.1) is 12.8 Å². The normalized spacial score (nSPS) is 11.0. The van der Waals surface area contributed by atoms with Gasteiger partial charge in [0.15, 0.2) is 5.69 Å². The van der Waals surface area contributed by atoms with E-state index in [4.69, 9.17) is 11.6 Å². The Balaban J connectivity index is 1.60. The van der Waals surface area contributed by atoms with Crippen LogP contribution >= 0.6 is 11.6 Å². The summed E-state index contributed by atoms with van der Waals surface area (Å²) in [6, 6.07) is 17.0. The smallest absolute Gasteiger partial charge is 0.268 e. The van der Waals surface area contributed by atoms with Crippen LogP contribution in [-0.2, 0) is 6.54 Å². The number of carbonyl (C=O) groups is 1. The minimum Gasteiger partial charge on any atom is -0.268 e. The molecule has 0 bridgehead atoms. The van der Waals surface area contributed by atoms with Gasteiger partial charge in [-0.05, 0) is 41.8 Å². The van der Waals surface area contributed by atoms with Crippen molar-refractivity contribution >= 4 is 23.7 Å². The molecule has 0 aliphatic rings. The van der Waals surface area contributed by atoms with Gasteiger partial charge in [-0.15, -0.1) is 0 Å². The predicted molar refractivity (Wildman–Crippen MR) is 99.0 cm³/mol. The van der Waals surface area contributed by atoms with Crippen LogP contribution in [0.1, 0.15) is 27.2 Å². The third kappa shape index (κ3) is 4.55. The summed E-state index contributed by atoms with van der Waals surface area (Å²) in [6.07, 6.45) is 3.38. The van der Waals surface area contributed by atoms with Crippen LogP contribution in [0.25, 0.3) is 0 Å². The van der Waals surface area contributed by atoms with Crippen LogP contribution in [0, 0.1) is 6.92 Å². The van der Waals surface area contributed by atoms with Crippen molar-refractivity contribution in [1.82, 2.24) is 15.2 Å². The van der Waals surface area contributed by atoms with Gasteiger partial charge in [0.2, 0.25) is 0 Å². The summed E-state index contributed by atoms with van der Waals surface area (Å²) < 4.78 is 1.70. The number of amides is 1. The van der Waals surface area contributed by atoms with Crippen LogP contribution < -0.4 is 5.43 Å². The van der Waals surface area contributed by atoms with Gasteiger partial charge in [-0.2, -0.15) is 10.2 Å². The van der Waals surface area contributed by atoms with E-state index in [0.717, 1.165) is 16.7 Å². The molecule has 0 fully saturated rings. The lowest BCUT2D eigenvalue weighted by Gasteiger charge is -2.02. The van der Waals surface area contributed by atoms with E-state index in [1.54, 1.807) is 23.2 Å². The van der Waals surface area contributed by atoms with Gasteiger partial charge in [0.25, 0.3) is 5.91 Å². The Morgan fingerprint density at radius 1 is 1.20 bits per heavy atom. The summed E-state index contributed by atoms with van der Waals surface area (Å²) in [5.74, 6) is -0.348. The molecule has 3 aromatic rings. The lowest BCUT2D eigenvalue weighted by molar-refractivity contribution is 0.0949. The zero-order valence-electron chi connectivity index (χ0n) is 13.7. The highest BCUT2D eigenvalue weighted by atomic mass is 35.5. The predicted octanol–water partition coefficient (Wildman–Crippen LogP) is 3.66. The lowest BCUT2D eigenvalue weighted by atomic mass is 10.1. The highest BCUT2D eigenvalue weighted by Gasteiger charge is 2.08. The summed E-state index contributed by atoms with van der Waals surface area (Å²) in [5.41, 5.74) is 5.91. The van der Waals surface area contributed by atoms with Crippen molar-refractivity contribution in [3.8, 4) is 0 Å². The van der Waals surface area contributed by atoms with Gasteiger partial charge in [0, 0.05) is 11.2 Å². The Kier molecular flexibility index (Phi) is 5.26. The molecule has 0 radical (unpaired) electrons. The van der Waals surface area contributed by atoms with Crippen molar-refractivity contribution in [2.75, 3.05) is 0 Å². The maximum Gasteiger partial charge on any atom is 0.291 e. The second kappa shape index (κ2) is 7.77. The highest BCUT2D eigenvalue weighted by molar-refractivity contribution is 6.30. The van der Waals surface area contributed by atoms with Crippen molar-refractivity contribution in [3.05, 3.63) is 88.2 Å². The number of carbonyl (C=O) groups excluding carboxylic acids is 1. The molecular weight excluding hydrogens is 336 g/mol. The number of hydrogen-bond donors (Lipinski definition) is 1. The molecule has 3 rings (SSSR count). The summed E-state index contributed by atoms with van der Waals surface area (Å²) in [5, 5.41) is 8.95. The Morgan fingerprint density at radius 2 is 1.96 bits per heavy atom. The van der Waals surface area contributed by atoms with Crippen molar-refractivity contribution in [2.24, 2.45) is 5.10 Å². The third-order valence-corrected chi connectivity index (χ3v) is 3.94. The highest BCUT2D eigenvalue weighted by Crippen LogP contribution is 2.10. The van der Waals surface area contributed by atoms with Gasteiger partial charge in [-0.3, -0.25) is 9.48 Å². The molecule has 1 aromatic heterocycles. The molecule has 0 unspecified atom stereocenters. The maximum atomic E-state index is 12.1. The molecule has 0 aliphatic carbocycles. The van der Waals surface area contributed by atoms with Gasteiger partial charge >= 0.3 is 0 Å². The largest absolute Gasteiger partial charge is 0.291 e. The van der Waals surface area contributed by atoms with E-state index >= 15 is 0 Å². The topological polar surface area (TPSA) is 59.3 Å². The summed E-state index contributed by atoms with van der Waals surface area (Å²) in [6.45, 7) is 2.55. The van der Waals surface area contributed by atoms with Crippen molar-refractivity contribution in [1.29, 1.82) is 0 Å². The van der Waals surface area contributed by atoms with E-state index in [9.17, 15) is 4.79 Å². The first kappa shape index (κ1) is 16.9. The molecule has 0 saturated heterocycles. The van der Waals surface area contributed by atoms with Crippen LogP contribution in [0.15, 0.2) is 65.9 Å². The molecule has 1 amide bonds. The Labute approximate surface area is 150 Å². The monoisotopic (exact) mass is 352 g/mol. The minimum absolute atomic E-state index is 0.316. The summed E-state index contributed by atoms with van der Waals surface area (Å²) in [7, 11) is 0. The SMILES string of the molecule is Cc1ccccc1/C=N/NC(=O)c1ccn(Cc2ccc(Cl)cc2)n1. The molecule has 1 heterocycles. The van der Waals surface area contributed by atoms with Crippen LogP contribution in [-0.4, -0.2) is 21.9 Å². The fourth-order valence-corrected chi connectivity index (χ4v) is 2.42. The standard InChI is InChI=1S/C19H17ClN4O/c1-14-4-2-3-5-16(14)12-21-22-19(25)18-10-11-24(23-18)13-15-6-8-17(20)9-7-15/h2-12H,13H2,1H3,(H,22,25)/b21-12+. The Morgan fingerprint density at radius 3 is 2.72 bits per heavy atom. The van der Waals surface area contributed by atoms with E-state index in [1.165, 1.54) is 0 Å². The van der Waals surface area contributed by atoms with E-state index in [1.807, 2.05) is 55.5 Å². The van der Waals surface area contributed by atoms with Gasteiger partial charge in [0.1, 0.15) is 0 Å². The molecule has 0 spiro atoms. The Hall–Kier alpha value is -2.92. The lowest BCUT2D eigenvalue weighted by Crippen LogP contribution is -2.18. The van der Waals surface area contributed by atoms with Crippen molar-refractivity contribution < 1.29 is 4.79 Å². The maximum absolute atomic E-state index is 12.1. The molecular formula is C19H17ClN4O. The second-order valence-corrected chi connectivity index (χ2v) is 6.02. The van der Waals surface area contributed by atoms with E-state index in [0.29, 0.717) is 17.3 Å². The van der Waals surface area contributed by atoms with Crippen molar-refractivity contribution in [2.45, 2.75) is 13.5 Å². The molecule has 0 saturated carbocycles. The molecule has 6 heteroatoms. The number of benzene rings is 2. The number of aromatic nitrogens is 2. The fourth-order valence-electron chi connectivity index (χ4n) is 2.30. The van der Waals surface area contributed by atoms with E-state index in [2.05, 4.69) is 15.6 Å². The first-order valence-corrected chi connectivity index (χ1v) is 8.16. The van der Waals surface area contributed by atoms with Gasteiger partial charge in [-0.1, -0.05) is 48.0 Å². The number of nitrogens with zero attached hydrogens (tertiary/aromatic N) is 3. The molecule has 2 aromatic carbocycles. The Bertz CT molecular complexity index is 900. The minimum atomic E-state index is -0.348. The quantitative estimate of drug-likeness (QED) is 0.562. The van der Waals surface area contributed by atoms with Gasteiger partial charge < -0.3 is 0 Å². The third-order valence-electron chi connectivity index (χ3n) is 3.69. The molecule has 5 nitrogen and oxygen atoms in total. The summed E-state index contributed by atoms with van der Waals surface area (Å²) in [4.78, 5) is 12.1. The zero-order chi connectivity index (χ0) is 17.6. The van der Waals surface area contributed by atoms with Crippen molar-refractivity contribution in [3.63, 3.8) is 0 Å².